The van der Waals surface area contributed by atoms with Gasteiger partial charge in [-0.25, -0.2) is 0 Å². The summed E-state index contributed by atoms with van der Waals surface area (Å²) < 4.78 is 0. The Kier molecular flexibility index (Phi) is 4.59. The van der Waals surface area contributed by atoms with Gasteiger partial charge in [0.25, 0.3) is 0 Å². The first-order valence-corrected chi connectivity index (χ1v) is 5.08. The van der Waals surface area contributed by atoms with Gasteiger partial charge in [0.15, 0.2) is 0 Å². The van der Waals surface area contributed by atoms with E-state index in [9.17, 15) is 9.59 Å². The number of hydrogen-bond donors (Lipinski definition) is 2. The molecule has 1 atom stereocenters. The fourth-order valence-electron chi connectivity index (χ4n) is 1.53. The number of carbonyl (C=O) groups is 2. The van der Waals surface area contributed by atoms with Gasteiger partial charge in [-0.3, -0.25) is 19.5 Å². The standard InChI is InChI=1S/C11H14N2O4/c1-8(9-2-4-12-5-3-9)13(6-10(14)15)7-11(16)17/h2-5,8H,6-7H2,1H3,(H,14,15)(H,16,17). The Bertz CT molecular complexity index is 378. The van der Waals surface area contributed by atoms with E-state index < -0.39 is 11.9 Å². The molecule has 1 unspecified atom stereocenters. The summed E-state index contributed by atoms with van der Waals surface area (Å²) in [5.74, 6) is -2.10. The van der Waals surface area contributed by atoms with Crippen molar-refractivity contribution in [3.8, 4) is 0 Å². The maximum absolute atomic E-state index is 10.7. The molecule has 0 saturated heterocycles. The molecule has 17 heavy (non-hydrogen) atoms. The first-order chi connectivity index (χ1) is 8.00. The molecule has 0 radical (unpaired) electrons. The van der Waals surface area contributed by atoms with Crippen LogP contribution in [0.1, 0.15) is 18.5 Å². The Labute approximate surface area is 98.5 Å². The second-order valence-electron chi connectivity index (χ2n) is 3.65. The summed E-state index contributed by atoms with van der Waals surface area (Å²) in [5.41, 5.74) is 0.836. The van der Waals surface area contributed by atoms with Crippen LogP contribution in [-0.4, -0.2) is 45.1 Å². The highest BCUT2D eigenvalue weighted by atomic mass is 16.4. The van der Waals surface area contributed by atoms with Crippen LogP contribution in [0.25, 0.3) is 0 Å². The number of aromatic nitrogens is 1. The number of pyridine rings is 1. The first kappa shape index (κ1) is 13.1. The number of hydrogen-bond acceptors (Lipinski definition) is 4. The van der Waals surface area contributed by atoms with Gasteiger partial charge < -0.3 is 10.2 Å². The molecule has 1 aromatic heterocycles. The molecule has 2 N–H and O–H groups in total. The molecule has 0 aromatic carbocycles. The summed E-state index contributed by atoms with van der Waals surface area (Å²) in [6, 6.07) is 3.19. The summed E-state index contributed by atoms with van der Waals surface area (Å²) >= 11 is 0. The van der Waals surface area contributed by atoms with Crippen molar-refractivity contribution in [1.82, 2.24) is 9.88 Å². The SMILES string of the molecule is CC(c1ccncc1)N(CC(=O)O)CC(=O)O. The largest absolute Gasteiger partial charge is 0.480 e. The highest BCUT2D eigenvalue weighted by Crippen LogP contribution is 2.18. The predicted octanol–water partition coefficient (Wildman–Crippen LogP) is 0.614. The zero-order chi connectivity index (χ0) is 12.8. The lowest BCUT2D eigenvalue weighted by atomic mass is 10.1. The zero-order valence-electron chi connectivity index (χ0n) is 9.41. The van der Waals surface area contributed by atoms with Crippen molar-refractivity contribution in [2.75, 3.05) is 13.1 Å². The van der Waals surface area contributed by atoms with E-state index in [1.807, 2.05) is 0 Å². The quantitative estimate of drug-likeness (QED) is 0.754. The third-order valence-corrected chi connectivity index (χ3v) is 2.41. The molecule has 0 spiro atoms. The van der Waals surface area contributed by atoms with Crippen LogP contribution in [0.2, 0.25) is 0 Å². The molecule has 1 rings (SSSR count). The number of nitrogens with zero attached hydrogens (tertiary/aromatic N) is 2. The van der Waals surface area contributed by atoms with E-state index in [1.165, 1.54) is 4.90 Å². The summed E-state index contributed by atoms with van der Waals surface area (Å²) in [7, 11) is 0. The number of aliphatic carboxylic acids is 2. The van der Waals surface area contributed by atoms with Crippen LogP contribution in [-0.2, 0) is 9.59 Å². The molecule has 0 fully saturated rings. The topological polar surface area (TPSA) is 90.7 Å². The third-order valence-electron chi connectivity index (χ3n) is 2.41. The Balaban J connectivity index is 2.82. The van der Waals surface area contributed by atoms with Gasteiger partial charge in [0.05, 0.1) is 13.1 Å². The Hall–Kier alpha value is -1.95. The van der Waals surface area contributed by atoms with E-state index in [4.69, 9.17) is 10.2 Å². The van der Waals surface area contributed by atoms with Gasteiger partial charge >= 0.3 is 11.9 Å². The lowest BCUT2D eigenvalue weighted by molar-refractivity contribution is -0.142. The van der Waals surface area contributed by atoms with E-state index in [0.717, 1.165) is 5.56 Å². The van der Waals surface area contributed by atoms with E-state index in [1.54, 1.807) is 31.5 Å². The summed E-state index contributed by atoms with van der Waals surface area (Å²) in [6.07, 6.45) is 3.18. The maximum atomic E-state index is 10.7. The van der Waals surface area contributed by atoms with E-state index in [2.05, 4.69) is 4.98 Å². The Morgan fingerprint density at radius 1 is 1.24 bits per heavy atom. The minimum atomic E-state index is -1.05. The zero-order valence-corrected chi connectivity index (χ0v) is 9.41. The molecule has 6 nitrogen and oxygen atoms in total. The monoisotopic (exact) mass is 238 g/mol. The third kappa shape index (κ3) is 4.20. The highest BCUT2D eigenvalue weighted by Gasteiger charge is 2.20. The first-order valence-electron chi connectivity index (χ1n) is 5.08. The highest BCUT2D eigenvalue weighted by molar-refractivity contribution is 5.72. The number of carboxylic acids is 2. The summed E-state index contributed by atoms with van der Waals surface area (Å²) in [6.45, 7) is 1.15. The molecule has 6 heteroatoms. The van der Waals surface area contributed by atoms with Crippen molar-refractivity contribution < 1.29 is 19.8 Å². The second-order valence-corrected chi connectivity index (χ2v) is 3.65. The van der Waals surface area contributed by atoms with Crippen LogP contribution >= 0.6 is 0 Å². The second kappa shape index (κ2) is 5.95. The van der Waals surface area contributed by atoms with Crippen LogP contribution in [0.4, 0.5) is 0 Å². The molecular formula is C11H14N2O4. The van der Waals surface area contributed by atoms with Gasteiger partial charge in [0.2, 0.25) is 0 Å². The normalized spacial score (nSPS) is 12.4. The van der Waals surface area contributed by atoms with Crippen LogP contribution in [0.3, 0.4) is 0 Å². The molecule has 0 aliphatic heterocycles. The Morgan fingerprint density at radius 3 is 2.12 bits per heavy atom. The van der Waals surface area contributed by atoms with Crippen molar-refractivity contribution in [3.05, 3.63) is 30.1 Å². The molecule has 0 amide bonds. The number of rotatable bonds is 6. The van der Waals surface area contributed by atoms with Gasteiger partial charge in [0, 0.05) is 18.4 Å². The van der Waals surface area contributed by atoms with Gasteiger partial charge in [-0.05, 0) is 24.6 Å². The Morgan fingerprint density at radius 2 is 1.71 bits per heavy atom. The van der Waals surface area contributed by atoms with Crippen molar-refractivity contribution in [2.45, 2.75) is 13.0 Å². The van der Waals surface area contributed by atoms with Gasteiger partial charge in [-0.2, -0.15) is 0 Å². The van der Waals surface area contributed by atoms with Crippen LogP contribution in [0, 0.1) is 0 Å². The minimum absolute atomic E-state index is 0.287. The van der Waals surface area contributed by atoms with E-state index in [-0.39, 0.29) is 19.1 Å². The lowest BCUT2D eigenvalue weighted by Gasteiger charge is -2.25. The average Bonchev–Trinajstić information content (AvgIpc) is 2.27. The van der Waals surface area contributed by atoms with Crippen molar-refractivity contribution in [3.63, 3.8) is 0 Å². The molecule has 0 aliphatic rings. The predicted molar refractivity (Wildman–Crippen MR) is 59.5 cm³/mol. The minimum Gasteiger partial charge on any atom is -0.480 e. The molecule has 1 heterocycles. The number of carboxylic acid groups (broad SMARTS) is 2. The average molecular weight is 238 g/mol. The van der Waals surface area contributed by atoms with Crippen molar-refractivity contribution in [1.29, 1.82) is 0 Å². The van der Waals surface area contributed by atoms with Gasteiger partial charge in [0.1, 0.15) is 0 Å². The van der Waals surface area contributed by atoms with Crippen molar-refractivity contribution in [2.24, 2.45) is 0 Å². The van der Waals surface area contributed by atoms with Crippen LogP contribution < -0.4 is 0 Å². The smallest absolute Gasteiger partial charge is 0.317 e. The van der Waals surface area contributed by atoms with Crippen LogP contribution in [0.15, 0.2) is 24.5 Å². The molecule has 1 aromatic rings. The fourth-order valence-corrected chi connectivity index (χ4v) is 1.53. The molecule has 0 aliphatic carbocycles. The maximum Gasteiger partial charge on any atom is 0.317 e. The summed E-state index contributed by atoms with van der Waals surface area (Å²) in [5, 5.41) is 17.5. The molecule has 92 valence electrons. The molecule has 0 bridgehead atoms. The molecule has 0 saturated carbocycles. The lowest BCUT2D eigenvalue weighted by Crippen LogP contribution is -2.36. The van der Waals surface area contributed by atoms with E-state index >= 15 is 0 Å². The van der Waals surface area contributed by atoms with Gasteiger partial charge in [-0.1, -0.05) is 0 Å². The van der Waals surface area contributed by atoms with Crippen LogP contribution in [0.5, 0.6) is 0 Å². The van der Waals surface area contributed by atoms with E-state index in [0.29, 0.717) is 0 Å². The van der Waals surface area contributed by atoms with Crippen molar-refractivity contribution >= 4 is 11.9 Å². The molecular weight excluding hydrogens is 224 g/mol. The summed E-state index contributed by atoms with van der Waals surface area (Å²) in [4.78, 5) is 26.6. The van der Waals surface area contributed by atoms with Gasteiger partial charge in [-0.15, -0.1) is 0 Å². The fraction of sp³-hybridized carbons (Fsp3) is 0.364.